The molecule has 22 heavy (non-hydrogen) atoms. The summed E-state index contributed by atoms with van der Waals surface area (Å²) in [7, 11) is 0. The van der Waals surface area contributed by atoms with Gasteiger partial charge in [0.1, 0.15) is 11.9 Å². The van der Waals surface area contributed by atoms with Gasteiger partial charge in [0.25, 0.3) is 0 Å². The molecule has 0 radical (unpaired) electrons. The van der Waals surface area contributed by atoms with Crippen LogP contribution in [0.5, 0.6) is 5.75 Å². The molecule has 6 nitrogen and oxygen atoms in total. The molecule has 124 valence electrons. The molecule has 2 amide bonds. The molecule has 0 aliphatic rings. The highest BCUT2D eigenvalue weighted by molar-refractivity contribution is 6.32. The number of halogens is 2. The fourth-order valence-electron chi connectivity index (χ4n) is 1.53. The number of carbonyl (C=O) groups is 2. The molecule has 0 aliphatic carbocycles. The molecule has 4 N–H and O–H groups in total. The minimum Gasteiger partial charge on any atom is -0.487 e. The number of rotatable bonds is 8. The van der Waals surface area contributed by atoms with E-state index in [1.54, 1.807) is 12.1 Å². The molecule has 1 aromatic rings. The van der Waals surface area contributed by atoms with E-state index in [0.717, 1.165) is 0 Å². The summed E-state index contributed by atoms with van der Waals surface area (Å²) in [4.78, 5) is 22.5. The van der Waals surface area contributed by atoms with Crippen LogP contribution in [0.1, 0.15) is 13.3 Å². The standard InChI is InChI=1S/C14H20ClN3O3.ClH/c1-2-10(21-12-6-4-3-5-11(12)15)8-17-14(20)9-18-13(19)7-16;/h3-6,10H,2,7-9,16H2,1H3,(H,17,20)(H,18,19);1H. The Morgan fingerprint density at radius 2 is 1.95 bits per heavy atom. The zero-order chi connectivity index (χ0) is 15.7. The predicted octanol–water partition coefficient (Wildman–Crippen LogP) is 1.11. The Bertz CT molecular complexity index is 486. The Morgan fingerprint density at radius 3 is 2.55 bits per heavy atom. The third kappa shape index (κ3) is 7.49. The second kappa shape index (κ2) is 11.1. The second-order valence-corrected chi connectivity index (χ2v) is 4.77. The Morgan fingerprint density at radius 1 is 1.27 bits per heavy atom. The molecule has 1 unspecified atom stereocenters. The van der Waals surface area contributed by atoms with Crippen LogP contribution in [0.2, 0.25) is 5.02 Å². The van der Waals surface area contributed by atoms with E-state index < -0.39 is 0 Å². The Hall–Kier alpha value is -1.50. The van der Waals surface area contributed by atoms with Crippen molar-refractivity contribution in [2.45, 2.75) is 19.4 Å². The van der Waals surface area contributed by atoms with E-state index >= 15 is 0 Å². The first-order valence-corrected chi connectivity index (χ1v) is 7.09. The third-order valence-electron chi connectivity index (χ3n) is 2.74. The van der Waals surface area contributed by atoms with Crippen molar-refractivity contribution in [1.82, 2.24) is 10.6 Å². The van der Waals surface area contributed by atoms with Crippen molar-refractivity contribution in [3.63, 3.8) is 0 Å². The van der Waals surface area contributed by atoms with Crippen LogP contribution in [0, 0.1) is 0 Å². The molecule has 1 rings (SSSR count). The summed E-state index contributed by atoms with van der Waals surface area (Å²) >= 11 is 6.02. The lowest BCUT2D eigenvalue weighted by atomic mass is 10.2. The highest BCUT2D eigenvalue weighted by Gasteiger charge is 2.12. The Balaban J connectivity index is 0.00000441. The first-order valence-electron chi connectivity index (χ1n) is 6.71. The number of benzene rings is 1. The summed E-state index contributed by atoms with van der Waals surface area (Å²) in [5, 5.41) is 5.61. The molecule has 0 aromatic heterocycles. The molecular formula is C14H21Cl2N3O3. The van der Waals surface area contributed by atoms with Gasteiger partial charge in [0, 0.05) is 0 Å². The number of hydrogen-bond acceptors (Lipinski definition) is 4. The van der Waals surface area contributed by atoms with E-state index in [4.69, 9.17) is 22.1 Å². The molecule has 0 aliphatic heterocycles. The average molecular weight is 350 g/mol. The quantitative estimate of drug-likeness (QED) is 0.655. The van der Waals surface area contributed by atoms with Gasteiger partial charge in [-0.05, 0) is 18.6 Å². The van der Waals surface area contributed by atoms with Gasteiger partial charge in [-0.2, -0.15) is 0 Å². The van der Waals surface area contributed by atoms with Gasteiger partial charge in [0.2, 0.25) is 11.8 Å². The third-order valence-corrected chi connectivity index (χ3v) is 3.06. The summed E-state index contributed by atoms with van der Waals surface area (Å²) < 4.78 is 5.74. The number of nitrogens with two attached hydrogens (primary N) is 1. The maximum Gasteiger partial charge on any atom is 0.239 e. The maximum absolute atomic E-state index is 11.6. The van der Waals surface area contributed by atoms with E-state index in [2.05, 4.69) is 10.6 Å². The van der Waals surface area contributed by atoms with E-state index in [0.29, 0.717) is 23.7 Å². The highest BCUT2D eigenvalue weighted by Crippen LogP contribution is 2.24. The van der Waals surface area contributed by atoms with Gasteiger partial charge < -0.3 is 21.1 Å². The molecule has 0 heterocycles. The number of para-hydroxylation sites is 1. The van der Waals surface area contributed by atoms with Crippen LogP contribution in [-0.2, 0) is 9.59 Å². The molecule has 0 fully saturated rings. The molecule has 0 spiro atoms. The number of amides is 2. The van der Waals surface area contributed by atoms with Crippen LogP contribution in [0.4, 0.5) is 0 Å². The van der Waals surface area contributed by atoms with Gasteiger partial charge in [-0.25, -0.2) is 0 Å². The van der Waals surface area contributed by atoms with Gasteiger partial charge >= 0.3 is 0 Å². The zero-order valence-electron chi connectivity index (χ0n) is 12.3. The summed E-state index contributed by atoms with van der Waals surface area (Å²) in [5.41, 5.74) is 5.13. The maximum atomic E-state index is 11.6. The van der Waals surface area contributed by atoms with Crippen molar-refractivity contribution in [3.05, 3.63) is 29.3 Å². The molecule has 8 heteroatoms. The lowest BCUT2D eigenvalue weighted by Crippen LogP contribution is -2.42. The van der Waals surface area contributed by atoms with Crippen molar-refractivity contribution in [3.8, 4) is 5.75 Å². The SMILES string of the molecule is CCC(CNC(=O)CNC(=O)CN)Oc1ccccc1Cl.Cl. The number of ether oxygens (including phenoxy) is 1. The van der Waals surface area contributed by atoms with Crippen molar-refractivity contribution in [2.24, 2.45) is 5.73 Å². The number of carbonyl (C=O) groups excluding carboxylic acids is 2. The van der Waals surface area contributed by atoms with Crippen LogP contribution in [0.15, 0.2) is 24.3 Å². The normalized spacial score (nSPS) is 11.0. The zero-order valence-corrected chi connectivity index (χ0v) is 13.9. The van der Waals surface area contributed by atoms with Gasteiger partial charge in [0.05, 0.1) is 24.7 Å². The minimum absolute atomic E-state index is 0. The lowest BCUT2D eigenvalue weighted by molar-refractivity contribution is -0.125. The molecule has 0 bridgehead atoms. The fourth-order valence-corrected chi connectivity index (χ4v) is 1.71. The van der Waals surface area contributed by atoms with Crippen LogP contribution < -0.4 is 21.1 Å². The smallest absolute Gasteiger partial charge is 0.239 e. The monoisotopic (exact) mass is 349 g/mol. The summed E-state index contributed by atoms with van der Waals surface area (Å²) in [6.07, 6.45) is 0.514. The highest BCUT2D eigenvalue weighted by atomic mass is 35.5. The predicted molar refractivity (Wildman–Crippen MR) is 88.5 cm³/mol. The largest absolute Gasteiger partial charge is 0.487 e. The summed E-state index contributed by atoms with van der Waals surface area (Å²) in [5.74, 6) is -0.0841. The van der Waals surface area contributed by atoms with Crippen LogP contribution in [-0.4, -0.2) is 37.6 Å². The van der Waals surface area contributed by atoms with E-state index in [1.165, 1.54) is 0 Å². The van der Waals surface area contributed by atoms with Gasteiger partial charge in [0.15, 0.2) is 0 Å². The molecule has 1 aromatic carbocycles. The lowest BCUT2D eigenvalue weighted by Gasteiger charge is -2.19. The molecule has 0 saturated carbocycles. The van der Waals surface area contributed by atoms with Crippen molar-refractivity contribution >= 4 is 35.8 Å². The van der Waals surface area contributed by atoms with Crippen molar-refractivity contribution in [1.29, 1.82) is 0 Å². The Labute approximate surface area is 141 Å². The van der Waals surface area contributed by atoms with Crippen LogP contribution in [0.3, 0.4) is 0 Å². The first-order chi connectivity index (χ1) is 10.1. The van der Waals surface area contributed by atoms with Crippen LogP contribution >= 0.6 is 24.0 Å². The van der Waals surface area contributed by atoms with Crippen LogP contribution in [0.25, 0.3) is 0 Å². The fraction of sp³-hybridized carbons (Fsp3) is 0.429. The summed E-state index contributed by atoms with van der Waals surface area (Å²) in [6, 6.07) is 7.16. The van der Waals surface area contributed by atoms with Gasteiger partial charge in [-0.3, -0.25) is 9.59 Å². The van der Waals surface area contributed by atoms with E-state index in [-0.39, 0.29) is 43.4 Å². The van der Waals surface area contributed by atoms with E-state index in [1.807, 2.05) is 19.1 Å². The molecule has 1 atom stereocenters. The van der Waals surface area contributed by atoms with E-state index in [9.17, 15) is 9.59 Å². The van der Waals surface area contributed by atoms with Gasteiger partial charge in [-0.1, -0.05) is 30.7 Å². The second-order valence-electron chi connectivity index (χ2n) is 4.36. The Kier molecular flexibility index (Phi) is 10.4. The molecular weight excluding hydrogens is 329 g/mol. The summed E-state index contributed by atoms with van der Waals surface area (Å²) in [6.45, 7) is 2.04. The molecule has 0 saturated heterocycles. The topological polar surface area (TPSA) is 93.5 Å². The van der Waals surface area contributed by atoms with Crippen molar-refractivity contribution in [2.75, 3.05) is 19.6 Å². The minimum atomic E-state index is -0.371. The number of hydrogen-bond donors (Lipinski definition) is 3. The van der Waals surface area contributed by atoms with Crippen molar-refractivity contribution < 1.29 is 14.3 Å². The first kappa shape index (κ1) is 20.5. The number of nitrogens with one attached hydrogen (secondary N) is 2. The van der Waals surface area contributed by atoms with Gasteiger partial charge in [-0.15, -0.1) is 12.4 Å². The average Bonchev–Trinajstić information content (AvgIpc) is 2.50.